The molecule has 0 radical (unpaired) electrons. The molecule has 0 saturated heterocycles. The lowest BCUT2D eigenvalue weighted by Gasteiger charge is -2.28. The Morgan fingerprint density at radius 2 is 2.42 bits per heavy atom. The maximum absolute atomic E-state index is 10.6. The molecule has 0 aromatic rings. The standard InChI is InChI=1S/C9H13NO2/c1-2-9(12-8(10)11)6-4-3-5-7-9/h3-6H,2,7H2,1H3,(H2,10,11)/t9-/m0/s1. The molecule has 1 aliphatic carbocycles. The van der Waals surface area contributed by atoms with Crippen LogP contribution in [0.15, 0.2) is 24.3 Å². The Morgan fingerprint density at radius 1 is 1.67 bits per heavy atom. The third-order valence-corrected chi connectivity index (χ3v) is 2.01. The van der Waals surface area contributed by atoms with E-state index < -0.39 is 11.7 Å². The van der Waals surface area contributed by atoms with Gasteiger partial charge in [0, 0.05) is 6.42 Å². The quantitative estimate of drug-likeness (QED) is 0.681. The smallest absolute Gasteiger partial charge is 0.405 e. The van der Waals surface area contributed by atoms with Crippen LogP contribution in [0.2, 0.25) is 0 Å². The second-order valence-electron chi connectivity index (χ2n) is 2.83. The number of primary amides is 1. The molecule has 0 unspecified atom stereocenters. The third-order valence-electron chi connectivity index (χ3n) is 2.01. The number of nitrogens with two attached hydrogens (primary N) is 1. The highest BCUT2D eigenvalue weighted by Gasteiger charge is 2.28. The minimum absolute atomic E-state index is 0.499. The van der Waals surface area contributed by atoms with Crippen LogP contribution in [0.5, 0.6) is 0 Å². The number of allylic oxidation sites excluding steroid dienone is 2. The topological polar surface area (TPSA) is 52.3 Å². The van der Waals surface area contributed by atoms with Gasteiger partial charge in [0.15, 0.2) is 0 Å². The molecular formula is C9H13NO2. The summed E-state index contributed by atoms with van der Waals surface area (Å²) < 4.78 is 5.03. The molecule has 0 aliphatic heterocycles. The predicted octanol–water partition coefficient (Wildman–Crippen LogP) is 1.75. The Kier molecular flexibility index (Phi) is 2.53. The van der Waals surface area contributed by atoms with E-state index >= 15 is 0 Å². The summed E-state index contributed by atoms with van der Waals surface area (Å²) in [6.45, 7) is 1.96. The molecule has 0 heterocycles. The Labute approximate surface area is 71.9 Å². The van der Waals surface area contributed by atoms with Gasteiger partial charge in [0.25, 0.3) is 0 Å². The van der Waals surface area contributed by atoms with Crippen LogP contribution < -0.4 is 5.73 Å². The minimum Gasteiger partial charge on any atom is -0.439 e. The van der Waals surface area contributed by atoms with Crippen molar-refractivity contribution in [2.45, 2.75) is 25.4 Å². The zero-order valence-corrected chi connectivity index (χ0v) is 7.12. The van der Waals surface area contributed by atoms with Crippen molar-refractivity contribution < 1.29 is 9.53 Å². The maximum Gasteiger partial charge on any atom is 0.405 e. The average Bonchev–Trinajstić information content (AvgIpc) is 2.05. The molecule has 12 heavy (non-hydrogen) atoms. The first-order valence-corrected chi connectivity index (χ1v) is 4.01. The molecular weight excluding hydrogens is 154 g/mol. The molecule has 0 bridgehead atoms. The van der Waals surface area contributed by atoms with Crippen molar-refractivity contribution in [3.63, 3.8) is 0 Å². The first-order valence-electron chi connectivity index (χ1n) is 4.01. The molecule has 66 valence electrons. The monoisotopic (exact) mass is 167 g/mol. The molecule has 0 aromatic carbocycles. The molecule has 0 fully saturated rings. The van der Waals surface area contributed by atoms with Gasteiger partial charge in [-0.15, -0.1) is 0 Å². The third kappa shape index (κ3) is 1.87. The molecule has 1 amide bonds. The van der Waals surface area contributed by atoms with Crippen LogP contribution in [0.4, 0.5) is 4.79 Å². The van der Waals surface area contributed by atoms with Gasteiger partial charge < -0.3 is 10.5 Å². The van der Waals surface area contributed by atoms with Crippen LogP contribution in [0.1, 0.15) is 19.8 Å². The van der Waals surface area contributed by atoms with E-state index in [0.717, 1.165) is 6.42 Å². The van der Waals surface area contributed by atoms with Crippen molar-refractivity contribution in [2.24, 2.45) is 5.73 Å². The number of hydrogen-bond donors (Lipinski definition) is 1. The molecule has 2 N–H and O–H groups in total. The molecule has 3 nitrogen and oxygen atoms in total. The summed E-state index contributed by atoms with van der Waals surface area (Å²) in [5, 5.41) is 0. The van der Waals surface area contributed by atoms with Crippen LogP contribution in [0.3, 0.4) is 0 Å². The lowest BCUT2D eigenvalue weighted by atomic mass is 9.92. The molecule has 3 heteroatoms. The van der Waals surface area contributed by atoms with Gasteiger partial charge in [-0.05, 0) is 12.5 Å². The van der Waals surface area contributed by atoms with Crippen molar-refractivity contribution in [3.05, 3.63) is 24.3 Å². The summed E-state index contributed by atoms with van der Waals surface area (Å²) in [4.78, 5) is 10.6. The molecule has 1 aliphatic rings. The molecule has 0 aromatic heterocycles. The summed E-state index contributed by atoms with van der Waals surface area (Å²) >= 11 is 0. The first kappa shape index (κ1) is 8.84. The fourth-order valence-corrected chi connectivity index (χ4v) is 1.26. The Bertz CT molecular complexity index is 233. The summed E-state index contributed by atoms with van der Waals surface area (Å²) in [5.74, 6) is 0. The highest BCUT2D eigenvalue weighted by Crippen LogP contribution is 2.25. The van der Waals surface area contributed by atoms with E-state index in [2.05, 4.69) is 0 Å². The van der Waals surface area contributed by atoms with Crippen LogP contribution in [0.25, 0.3) is 0 Å². The van der Waals surface area contributed by atoms with E-state index in [0.29, 0.717) is 6.42 Å². The van der Waals surface area contributed by atoms with Gasteiger partial charge in [0.2, 0.25) is 0 Å². The molecule has 0 saturated carbocycles. The van der Waals surface area contributed by atoms with Gasteiger partial charge in [-0.25, -0.2) is 4.79 Å². The van der Waals surface area contributed by atoms with Gasteiger partial charge in [0.05, 0.1) is 0 Å². The van der Waals surface area contributed by atoms with E-state index in [-0.39, 0.29) is 0 Å². The Balaban J connectivity index is 2.69. The summed E-state index contributed by atoms with van der Waals surface area (Å²) in [6, 6.07) is 0. The van der Waals surface area contributed by atoms with E-state index in [4.69, 9.17) is 10.5 Å². The van der Waals surface area contributed by atoms with Crippen LogP contribution in [0, 0.1) is 0 Å². The Hall–Kier alpha value is -1.25. The largest absolute Gasteiger partial charge is 0.439 e. The maximum atomic E-state index is 10.6. The summed E-state index contributed by atoms with van der Waals surface area (Å²) in [7, 11) is 0. The van der Waals surface area contributed by atoms with E-state index in [1.54, 1.807) is 0 Å². The van der Waals surface area contributed by atoms with Crippen molar-refractivity contribution in [2.75, 3.05) is 0 Å². The van der Waals surface area contributed by atoms with E-state index in [1.165, 1.54) is 0 Å². The fraction of sp³-hybridized carbons (Fsp3) is 0.444. The normalized spacial score (nSPS) is 27.1. The Morgan fingerprint density at radius 3 is 2.83 bits per heavy atom. The number of carbonyl (C=O) groups excluding carboxylic acids is 1. The summed E-state index contributed by atoms with van der Waals surface area (Å²) in [6.07, 6.45) is 8.38. The number of amides is 1. The SMILES string of the molecule is CC[C@]1(OC(N)=O)C=CC=CC1. The van der Waals surface area contributed by atoms with Crippen LogP contribution in [-0.4, -0.2) is 11.7 Å². The predicted molar refractivity (Wildman–Crippen MR) is 46.6 cm³/mol. The van der Waals surface area contributed by atoms with Gasteiger partial charge in [0.1, 0.15) is 5.60 Å². The second kappa shape index (κ2) is 3.43. The van der Waals surface area contributed by atoms with E-state index in [1.807, 2.05) is 31.2 Å². The zero-order valence-electron chi connectivity index (χ0n) is 7.12. The minimum atomic E-state index is -0.711. The van der Waals surface area contributed by atoms with Crippen molar-refractivity contribution in [1.29, 1.82) is 0 Å². The number of carbonyl (C=O) groups is 1. The van der Waals surface area contributed by atoms with Gasteiger partial charge >= 0.3 is 6.09 Å². The molecule has 1 atom stereocenters. The van der Waals surface area contributed by atoms with Crippen molar-refractivity contribution >= 4 is 6.09 Å². The average molecular weight is 167 g/mol. The number of rotatable bonds is 2. The van der Waals surface area contributed by atoms with Gasteiger partial charge in [-0.1, -0.05) is 25.2 Å². The molecule has 0 spiro atoms. The highest BCUT2D eigenvalue weighted by atomic mass is 16.6. The second-order valence-corrected chi connectivity index (χ2v) is 2.83. The number of hydrogen-bond acceptors (Lipinski definition) is 2. The molecule has 1 rings (SSSR count). The van der Waals surface area contributed by atoms with Gasteiger partial charge in [-0.3, -0.25) is 0 Å². The van der Waals surface area contributed by atoms with Crippen LogP contribution in [-0.2, 0) is 4.74 Å². The van der Waals surface area contributed by atoms with Crippen molar-refractivity contribution in [3.8, 4) is 0 Å². The highest BCUT2D eigenvalue weighted by molar-refractivity contribution is 5.65. The van der Waals surface area contributed by atoms with Crippen molar-refractivity contribution in [1.82, 2.24) is 0 Å². The lowest BCUT2D eigenvalue weighted by molar-refractivity contribution is 0.0520. The lowest BCUT2D eigenvalue weighted by Crippen LogP contribution is -2.35. The van der Waals surface area contributed by atoms with E-state index in [9.17, 15) is 4.79 Å². The zero-order chi connectivity index (χ0) is 9.03. The van der Waals surface area contributed by atoms with Crippen LogP contribution >= 0.6 is 0 Å². The van der Waals surface area contributed by atoms with Gasteiger partial charge in [-0.2, -0.15) is 0 Å². The number of ether oxygens (including phenoxy) is 1. The fourth-order valence-electron chi connectivity index (χ4n) is 1.26. The first-order chi connectivity index (χ1) is 5.68. The summed E-state index contributed by atoms with van der Waals surface area (Å²) in [5.41, 5.74) is 4.47.